The molecule has 1 unspecified atom stereocenters. The summed E-state index contributed by atoms with van der Waals surface area (Å²) in [5.41, 5.74) is 6.96. The Balaban J connectivity index is 1.34. The molecule has 9 heteroatoms. The number of nitrogens with zero attached hydrogens (tertiary/aromatic N) is 3. The molecule has 0 radical (unpaired) electrons. The van der Waals surface area contributed by atoms with Crippen LogP contribution in [0.2, 0.25) is 0 Å². The molecule has 4 aromatic carbocycles. The lowest BCUT2D eigenvalue weighted by Gasteiger charge is -2.33. The van der Waals surface area contributed by atoms with Gasteiger partial charge in [-0.15, -0.1) is 0 Å². The Bertz CT molecular complexity index is 2000. The van der Waals surface area contributed by atoms with Gasteiger partial charge in [-0.25, -0.2) is 18.4 Å². The van der Waals surface area contributed by atoms with Crippen molar-refractivity contribution < 1.29 is 13.7 Å². The summed E-state index contributed by atoms with van der Waals surface area (Å²) in [7, 11) is -3.77. The van der Waals surface area contributed by atoms with Crippen molar-refractivity contribution in [3.05, 3.63) is 142 Å². The number of aryl methyl sites for hydroxylation is 1. The molecule has 0 saturated carbocycles. The van der Waals surface area contributed by atoms with Gasteiger partial charge in [0.25, 0.3) is 0 Å². The third-order valence-electron chi connectivity index (χ3n) is 9.66. The van der Waals surface area contributed by atoms with E-state index in [1.165, 1.54) is 28.5 Å². The van der Waals surface area contributed by atoms with E-state index in [4.69, 9.17) is 9.10 Å². The van der Waals surface area contributed by atoms with Gasteiger partial charge in [0.05, 0.1) is 12.7 Å². The zero-order chi connectivity index (χ0) is 32.2. The maximum Gasteiger partial charge on any atom is 0.331 e. The average Bonchev–Trinajstić information content (AvgIpc) is 3.80. The van der Waals surface area contributed by atoms with E-state index < -0.39 is 21.5 Å². The van der Waals surface area contributed by atoms with Crippen LogP contribution in [0.4, 0.5) is 10.5 Å². The molecule has 3 atom stereocenters. The Kier molecular flexibility index (Phi) is 7.17. The van der Waals surface area contributed by atoms with Gasteiger partial charge in [0.2, 0.25) is 5.88 Å². The largest absolute Gasteiger partial charge is 0.472 e. The minimum absolute atomic E-state index is 0.163. The highest BCUT2D eigenvalue weighted by atomic mass is 32.2. The molecule has 0 bridgehead atoms. The van der Waals surface area contributed by atoms with Gasteiger partial charge in [0, 0.05) is 5.69 Å². The summed E-state index contributed by atoms with van der Waals surface area (Å²) in [4.78, 5) is 14.5. The average molecular weight is 644 g/mol. The van der Waals surface area contributed by atoms with E-state index in [0.717, 1.165) is 48.1 Å². The van der Waals surface area contributed by atoms with Gasteiger partial charge >= 0.3 is 6.03 Å². The van der Waals surface area contributed by atoms with Crippen LogP contribution in [-0.4, -0.2) is 26.1 Å². The molecular formula is C38H37N5O3S. The van der Waals surface area contributed by atoms with Gasteiger partial charge in [-0.3, -0.25) is 0 Å². The summed E-state index contributed by atoms with van der Waals surface area (Å²) >= 11 is 0. The molecule has 2 amide bonds. The highest BCUT2D eigenvalue weighted by Crippen LogP contribution is 2.46. The monoisotopic (exact) mass is 643 g/mol. The second-order valence-electron chi connectivity index (χ2n) is 12.8. The summed E-state index contributed by atoms with van der Waals surface area (Å²) in [6.07, 6.45) is 5.33. The number of nitrogens with one attached hydrogen (secondary N) is 2. The first kappa shape index (κ1) is 29.5. The quantitative estimate of drug-likeness (QED) is 0.181. The van der Waals surface area contributed by atoms with Gasteiger partial charge in [0.1, 0.15) is 16.5 Å². The summed E-state index contributed by atoms with van der Waals surface area (Å²) < 4.78 is 31.9. The summed E-state index contributed by atoms with van der Waals surface area (Å²) in [6.45, 7) is 4.64. The standard InChI is InChI=1S/C38H37N5O3S/c1-25-21-28-22-27-13-12-20-32(27)35(34(25)28)40-37(44)41-47(45,33-23-39-43-24-26(2)46-36(33)43)42-38(29-14-6-3-7-15-29,30-16-8-4-9-17-30)31-18-10-5-11-19-31/h3-11,14-19,22-23,25-26H,12-13,20-21,24H2,1-2H3,(H2,40,41,42,44,45)/t25-,26-,47?/m0/s1. The zero-order valence-corrected chi connectivity index (χ0v) is 27.3. The second kappa shape index (κ2) is 11.4. The highest BCUT2D eigenvalue weighted by Gasteiger charge is 2.41. The molecule has 8 nitrogen and oxygen atoms in total. The lowest BCUT2D eigenvalue weighted by Crippen LogP contribution is -2.38. The molecule has 0 fully saturated rings. The van der Waals surface area contributed by atoms with E-state index >= 15 is 4.21 Å². The highest BCUT2D eigenvalue weighted by molar-refractivity contribution is 7.92. The third-order valence-corrected chi connectivity index (χ3v) is 11.5. The van der Waals surface area contributed by atoms with E-state index in [9.17, 15) is 4.79 Å². The number of carbonyl (C=O) groups is 1. The molecule has 2 N–H and O–H groups in total. The first-order chi connectivity index (χ1) is 22.9. The van der Waals surface area contributed by atoms with E-state index in [1.807, 2.05) is 97.9 Å². The lowest BCUT2D eigenvalue weighted by molar-refractivity contribution is 0.248. The fourth-order valence-electron chi connectivity index (χ4n) is 7.55. The van der Waals surface area contributed by atoms with Crippen LogP contribution in [0.15, 0.2) is 113 Å². The topological polar surface area (TPSA) is 97.6 Å². The molecule has 1 aromatic heterocycles. The van der Waals surface area contributed by atoms with Crippen molar-refractivity contribution in [1.82, 2.24) is 14.5 Å². The van der Waals surface area contributed by atoms with Crippen LogP contribution < -0.4 is 14.8 Å². The van der Waals surface area contributed by atoms with Crippen molar-refractivity contribution in [1.29, 1.82) is 0 Å². The SMILES string of the molecule is C[C@H]1Cn2ncc(S(=O)(=NC(c3ccccc3)(c3ccccc3)c3ccccc3)NC(=O)Nc3c4c(cc5c3[C@@H](C)C5)CCC4)c2O1. The number of aromatic nitrogens is 2. The van der Waals surface area contributed by atoms with Crippen LogP contribution in [0.5, 0.6) is 5.88 Å². The molecule has 238 valence electrons. The Morgan fingerprint density at radius 2 is 1.53 bits per heavy atom. The Morgan fingerprint density at radius 1 is 0.915 bits per heavy atom. The smallest absolute Gasteiger partial charge is 0.331 e. The first-order valence-corrected chi connectivity index (χ1v) is 17.8. The van der Waals surface area contributed by atoms with Crippen LogP contribution >= 0.6 is 0 Å². The molecule has 3 aliphatic rings. The molecule has 1 aliphatic heterocycles. The fraction of sp³-hybridized carbons (Fsp3) is 0.263. The first-order valence-electron chi connectivity index (χ1n) is 16.3. The summed E-state index contributed by atoms with van der Waals surface area (Å²) in [5, 5.41) is 7.70. The predicted octanol–water partition coefficient (Wildman–Crippen LogP) is 7.37. The molecule has 2 aliphatic carbocycles. The van der Waals surface area contributed by atoms with Gasteiger partial charge < -0.3 is 10.1 Å². The molecule has 8 rings (SSSR count). The lowest BCUT2D eigenvalue weighted by atomic mass is 9.75. The van der Waals surface area contributed by atoms with Crippen molar-refractivity contribution in [3.63, 3.8) is 0 Å². The Labute approximate surface area is 275 Å². The fourth-order valence-corrected chi connectivity index (χ4v) is 9.38. The number of amides is 2. The van der Waals surface area contributed by atoms with E-state index in [1.54, 1.807) is 4.68 Å². The number of hydrogen-bond acceptors (Lipinski definition) is 5. The van der Waals surface area contributed by atoms with Crippen molar-refractivity contribution in [2.75, 3.05) is 5.32 Å². The van der Waals surface area contributed by atoms with Crippen molar-refractivity contribution in [3.8, 4) is 5.88 Å². The number of anilines is 1. The van der Waals surface area contributed by atoms with Crippen LogP contribution in [0.3, 0.4) is 0 Å². The van der Waals surface area contributed by atoms with Crippen molar-refractivity contribution in [2.24, 2.45) is 4.36 Å². The molecule has 0 spiro atoms. The van der Waals surface area contributed by atoms with Crippen LogP contribution in [-0.2, 0) is 41.3 Å². The minimum atomic E-state index is -3.77. The number of carbonyl (C=O) groups excluding carboxylic acids is 1. The van der Waals surface area contributed by atoms with Crippen LogP contribution in [0.1, 0.15) is 65.1 Å². The molecule has 5 aromatic rings. The van der Waals surface area contributed by atoms with E-state index in [2.05, 4.69) is 28.1 Å². The number of rotatable bonds is 7. The number of benzene rings is 4. The van der Waals surface area contributed by atoms with Crippen LogP contribution in [0.25, 0.3) is 0 Å². The van der Waals surface area contributed by atoms with Crippen molar-refractivity contribution >= 4 is 21.6 Å². The Hall–Kier alpha value is -4.89. The molecular weight excluding hydrogens is 607 g/mol. The third kappa shape index (κ3) is 4.91. The molecule has 0 saturated heterocycles. The Morgan fingerprint density at radius 3 is 2.13 bits per heavy atom. The van der Waals surface area contributed by atoms with E-state index in [-0.39, 0.29) is 11.0 Å². The van der Waals surface area contributed by atoms with Gasteiger partial charge in [-0.05, 0) is 77.5 Å². The zero-order valence-electron chi connectivity index (χ0n) is 26.5. The number of ether oxygens (including phenoxy) is 1. The van der Waals surface area contributed by atoms with E-state index in [0.29, 0.717) is 18.3 Å². The van der Waals surface area contributed by atoms with Gasteiger partial charge in [0.15, 0.2) is 9.92 Å². The minimum Gasteiger partial charge on any atom is -0.472 e. The molecule has 47 heavy (non-hydrogen) atoms. The second-order valence-corrected chi connectivity index (χ2v) is 14.7. The normalized spacial score (nSPS) is 18.9. The van der Waals surface area contributed by atoms with Crippen molar-refractivity contribution in [2.45, 2.75) is 68.5 Å². The summed E-state index contributed by atoms with van der Waals surface area (Å²) in [6, 6.07) is 31.2. The maximum absolute atomic E-state index is 15.8. The number of urea groups is 1. The number of hydrogen-bond donors (Lipinski definition) is 2. The number of fused-ring (bicyclic) bond motifs is 3. The van der Waals surface area contributed by atoms with Crippen LogP contribution in [0, 0.1) is 0 Å². The summed E-state index contributed by atoms with van der Waals surface area (Å²) in [5.74, 6) is 0.698. The van der Waals surface area contributed by atoms with Gasteiger partial charge in [-0.1, -0.05) is 104 Å². The molecule has 2 heterocycles. The maximum atomic E-state index is 15.8. The predicted molar refractivity (Wildman–Crippen MR) is 183 cm³/mol. The van der Waals surface area contributed by atoms with Gasteiger partial charge in [-0.2, -0.15) is 9.46 Å².